The van der Waals surface area contributed by atoms with Crippen LogP contribution in [-0.2, 0) is 27.1 Å². The zero-order chi connectivity index (χ0) is 45.9. The first kappa shape index (κ1) is 42.1. The summed E-state index contributed by atoms with van der Waals surface area (Å²) in [6.07, 6.45) is 1.99. The van der Waals surface area contributed by atoms with E-state index >= 15 is 0 Å². The standard InChI is InChI=1S/C60H62BN3S/c1-56(2,3)38-20-22-47-42(29-38)60(13,14)43-30-40(58(7,8)9)31-44-54(43)63(47)49-27-37(36-24-25-62-46(26-36)35-18-16-15-17-19-35)28-50-53(49)61(44)45-32-41(59(10,11)12)34-52-55(45)64(50)48-23-21-39(57(4,5)6)33-51(48)65-52/h15-34H,1-14H3. The van der Waals surface area contributed by atoms with Gasteiger partial charge in [0.25, 0.3) is 6.71 Å². The van der Waals surface area contributed by atoms with Crippen molar-refractivity contribution in [1.29, 1.82) is 0 Å². The van der Waals surface area contributed by atoms with Crippen molar-refractivity contribution < 1.29 is 0 Å². The van der Waals surface area contributed by atoms with Crippen LogP contribution in [-0.4, -0.2) is 11.7 Å². The molecule has 1 aromatic heterocycles. The van der Waals surface area contributed by atoms with Gasteiger partial charge in [-0.2, -0.15) is 0 Å². The molecule has 0 unspecified atom stereocenters. The summed E-state index contributed by atoms with van der Waals surface area (Å²) in [4.78, 5) is 12.9. The van der Waals surface area contributed by atoms with E-state index in [9.17, 15) is 0 Å². The Morgan fingerprint density at radius 3 is 1.63 bits per heavy atom. The van der Waals surface area contributed by atoms with Crippen LogP contribution in [0.15, 0.2) is 131 Å². The Bertz CT molecular complexity index is 3150. The van der Waals surface area contributed by atoms with Crippen molar-refractivity contribution in [3.8, 4) is 22.4 Å². The molecule has 6 aromatic carbocycles. The van der Waals surface area contributed by atoms with Crippen LogP contribution in [0.2, 0.25) is 0 Å². The zero-order valence-corrected chi connectivity index (χ0v) is 41.7. The molecule has 0 amide bonds. The van der Waals surface area contributed by atoms with E-state index in [0.29, 0.717) is 0 Å². The highest BCUT2D eigenvalue weighted by Crippen LogP contribution is 2.59. The second-order valence-electron chi connectivity index (χ2n) is 23.8. The van der Waals surface area contributed by atoms with Gasteiger partial charge >= 0.3 is 0 Å². The van der Waals surface area contributed by atoms with Crippen LogP contribution in [0.4, 0.5) is 34.1 Å². The molecule has 0 N–H and O–H groups in total. The summed E-state index contributed by atoms with van der Waals surface area (Å²) in [5.74, 6) is 0. The van der Waals surface area contributed by atoms with E-state index < -0.39 is 0 Å². The molecule has 0 radical (unpaired) electrons. The summed E-state index contributed by atoms with van der Waals surface area (Å²) in [7, 11) is 0. The molecule has 65 heavy (non-hydrogen) atoms. The van der Waals surface area contributed by atoms with Gasteiger partial charge in [-0.15, -0.1) is 0 Å². The van der Waals surface area contributed by atoms with Crippen LogP contribution < -0.4 is 26.2 Å². The van der Waals surface area contributed by atoms with Gasteiger partial charge in [0.15, 0.2) is 0 Å². The average molecular weight is 868 g/mol. The Labute approximate surface area is 392 Å². The lowest BCUT2D eigenvalue weighted by Gasteiger charge is -2.51. The number of nitrogens with zero attached hydrogens (tertiary/aromatic N) is 3. The van der Waals surface area contributed by atoms with Gasteiger partial charge in [-0.25, -0.2) is 0 Å². The normalized spacial score (nSPS) is 15.5. The second-order valence-corrected chi connectivity index (χ2v) is 24.9. The molecule has 326 valence electrons. The van der Waals surface area contributed by atoms with E-state index in [4.69, 9.17) is 4.98 Å². The highest BCUT2D eigenvalue weighted by Gasteiger charge is 2.51. The molecule has 0 aliphatic carbocycles. The summed E-state index contributed by atoms with van der Waals surface area (Å²) < 4.78 is 0. The number of hydrogen-bond donors (Lipinski definition) is 0. The molecule has 5 heterocycles. The molecule has 0 atom stereocenters. The topological polar surface area (TPSA) is 19.4 Å². The van der Waals surface area contributed by atoms with E-state index in [1.807, 2.05) is 18.0 Å². The van der Waals surface area contributed by atoms with Crippen molar-refractivity contribution in [1.82, 2.24) is 4.98 Å². The molecule has 0 fully saturated rings. The molecule has 4 aliphatic heterocycles. The van der Waals surface area contributed by atoms with Gasteiger partial charge in [0.2, 0.25) is 0 Å². The SMILES string of the molecule is CC(C)(C)c1ccc2c(c1)Sc1cc(C(C)(C)C)cc3c1N2c1cc(-c2ccnc(-c4ccccc4)c2)cc2c1B3c1cc(C(C)(C)C)cc3c1N2c1ccc(C(C)(C)C)cc1C3(C)C. The highest BCUT2D eigenvalue weighted by molar-refractivity contribution is 7.99. The smallest absolute Gasteiger partial charge is 0.252 e. The van der Waals surface area contributed by atoms with Crippen LogP contribution in [0, 0.1) is 0 Å². The molecule has 3 nitrogen and oxygen atoms in total. The van der Waals surface area contributed by atoms with E-state index in [1.165, 1.54) is 99.2 Å². The third kappa shape index (κ3) is 6.42. The maximum absolute atomic E-state index is 4.92. The van der Waals surface area contributed by atoms with Crippen LogP contribution >= 0.6 is 11.8 Å². The third-order valence-corrected chi connectivity index (χ3v) is 15.9. The fourth-order valence-corrected chi connectivity index (χ4v) is 12.1. The minimum Gasteiger partial charge on any atom is -0.311 e. The molecule has 0 saturated heterocycles. The van der Waals surface area contributed by atoms with Crippen LogP contribution in [0.5, 0.6) is 0 Å². The van der Waals surface area contributed by atoms with Gasteiger partial charge in [0.05, 0.1) is 22.8 Å². The van der Waals surface area contributed by atoms with Crippen molar-refractivity contribution in [2.24, 2.45) is 0 Å². The lowest BCUT2D eigenvalue weighted by atomic mass is 9.32. The predicted molar refractivity (Wildman–Crippen MR) is 280 cm³/mol. The first-order valence-corrected chi connectivity index (χ1v) is 24.5. The van der Waals surface area contributed by atoms with Crippen molar-refractivity contribution in [3.63, 3.8) is 0 Å². The lowest BCUT2D eigenvalue weighted by Crippen LogP contribution is -2.63. The van der Waals surface area contributed by atoms with Crippen molar-refractivity contribution in [3.05, 3.63) is 155 Å². The number of benzene rings is 6. The summed E-state index contributed by atoms with van der Waals surface area (Å²) >= 11 is 1.96. The monoisotopic (exact) mass is 867 g/mol. The van der Waals surface area contributed by atoms with Crippen molar-refractivity contribution in [2.75, 3.05) is 9.80 Å². The number of hydrogen-bond acceptors (Lipinski definition) is 4. The highest BCUT2D eigenvalue weighted by atomic mass is 32.2. The maximum atomic E-state index is 4.92. The van der Waals surface area contributed by atoms with Crippen LogP contribution in [0.25, 0.3) is 22.4 Å². The number of fused-ring (bicyclic) bond motifs is 8. The second kappa shape index (κ2) is 13.8. The fraction of sp³-hybridized carbons (Fsp3) is 0.317. The van der Waals surface area contributed by atoms with Crippen molar-refractivity contribution in [2.45, 2.75) is 134 Å². The zero-order valence-electron chi connectivity index (χ0n) is 40.9. The van der Waals surface area contributed by atoms with E-state index in [2.05, 4.69) is 222 Å². The quantitative estimate of drug-likeness (QED) is 0.161. The molecule has 0 saturated carbocycles. The number of anilines is 6. The maximum Gasteiger partial charge on any atom is 0.252 e. The molecule has 7 aromatic rings. The van der Waals surface area contributed by atoms with Gasteiger partial charge in [-0.05, 0) is 131 Å². The number of pyridine rings is 1. The Hall–Kier alpha value is -5.52. The van der Waals surface area contributed by atoms with Crippen LogP contribution in [0.1, 0.15) is 130 Å². The number of aromatic nitrogens is 1. The summed E-state index contributed by atoms with van der Waals surface area (Å²) in [5, 5.41) is 0. The Morgan fingerprint density at radius 1 is 0.462 bits per heavy atom. The summed E-state index contributed by atoms with van der Waals surface area (Å²) in [6.45, 7) is 33.3. The van der Waals surface area contributed by atoms with E-state index in [0.717, 1.165) is 16.8 Å². The molecular formula is C60H62BN3S. The van der Waals surface area contributed by atoms with Crippen LogP contribution in [0.3, 0.4) is 0 Å². The summed E-state index contributed by atoms with van der Waals surface area (Å²) in [5.41, 5.74) is 24.3. The third-order valence-electron chi connectivity index (χ3n) is 14.9. The Morgan fingerprint density at radius 2 is 1.00 bits per heavy atom. The predicted octanol–water partition coefficient (Wildman–Crippen LogP) is 14.8. The van der Waals surface area contributed by atoms with Gasteiger partial charge in [-0.1, -0.05) is 175 Å². The van der Waals surface area contributed by atoms with Gasteiger partial charge < -0.3 is 9.80 Å². The average Bonchev–Trinajstić information content (AvgIpc) is 3.24. The van der Waals surface area contributed by atoms with Gasteiger partial charge in [0, 0.05) is 44.0 Å². The minimum absolute atomic E-state index is 0.00633. The lowest BCUT2D eigenvalue weighted by molar-refractivity contribution is 0.574. The van der Waals surface area contributed by atoms with Crippen molar-refractivity contribution >= 4 is 69.0 Å². The molecule has 5 heteroatoms. The fourth-order valence-electron chi connectivity index (χ4n) is 10.9. The van der Waals surface area contributed by atoms with Gasteiger partial charge in [-0.3, -0.25) is 4.98 Å². The first-order valence-electron chi connectivity index (χ1n) is 23.6. The molecular weight excluding hydrogens is 806 g/mol. The first-order chi connectivity index (χ1) is 30.5. The molecule has 0 spiro atoms. The Balaban J connectivity index is 1.30. The number of rotatable bonds is 2. The minimum atomic E-state index is -0.251. The summed E-state index contributed by atoms with van der Waals surface area (Å²) in [6, 6.07) is 45.0. The van der Waals surface area contributed by atoms with E-state index in [-0.39, 0.29) is 33.8 Å². The molecule has 11 rings (SSSR count). The largest absolute Gasteiger partial charge is 0.311 e. The Kier molecular flexibility index (Phi) is 8.93. The van der Waals surface area contributed by atoms with Gasteiger partial charge in [0.1, 0.15) is 0 Å². The van der Waals surface area contributed by atoms with E-state index in [1.54, 1.807) is 0 Å². The molecule has 4 aliphatic rings. The molecule has 0 bridgehead atoms.